The van der Waals surface area contributed by atoms with Gasteiger partial charge in [0, 0.05) is 32.8 Å². The number of benzene rings is 2. The van der Waals surface area contributed by atoms with Gasteiger partial charge in [0.2, 0.25) is 0 Å². The van der Waals surface area contributed by atoms with Crippen molar-refractivity contribution in [1.82, 2.24) is 10.2 Å². The fourth-order valence-electron chi connectivity index (χ4n) is 3.41. The number of nitrogens with one attached hydrogen (secondary N) is 1. The number of rotatable bonds is 8. The van der Waals surface area contributed by atoms with E-state index < -0.39 is 11.6 Å². The summed E-state index contributed by atoms with van der Waals surface area (Å²) in [6.07, 6.45) is 1.59. The summed E-state index contributed by atoms with van der Waals surface area (Å²) >= 11 is 0. The first-order valence-corrected chi connectivity index (χ1v) is 9.74. The van der Waals surface area contributed by atoms with Crippen molar-refractivity contribution in [3.8, 4) is 5.75 Å². The zero-order chi connectivity index (χ0) is 20.6. The Labute approximate surface area is 169 Å². The standard InChI is InChI=1S/C22H26F2N2O3/c1-28-12-13-29-21-5-3-2-4-18(21)22(27)25-17-8-10-26(11-9-17)15-16-6-7-19(23)20(24)14-16/h2-7,14,17H,8-13,15H2,1H3,(H,25,27). The van der Waals surface area contributed by atoms with Crippen LogP contribution in [0.4, 0.5) is 8.78 Å². The molecule has 0 aromatic heterocycles. The minimum Gasteiger partial charge on any atom is -0.490 e. The third kappa shape index (κ3) is 5.98. The molecule has 0 aliphatic carbocycles. The summed E-state index contributed by atoms with van der Waals surface area (Å²) in [5.41, 5.74) is 1.25. The second kappa shape index (κ2) is 10.3. The predicted molar refractivity (Wildman–Crippen MR) is 106 cm³/mol. The summed E-state index contributed by atoms with van der Waals surface area (Å²) < 4.78 is 37.1. The van der Waals surface area contributed by atoms with Gasteiger partial charge in [-0.15, -0.1) is 0 Å². The van der Waals surface area contributed by atoms with Crippen molar-refractivity contribution in [3.05, 3.63) is 65.2 Å². The normalized spacial score (nSPS) is 15.3. The van der Waals surface area contributed by atoms with Crippen LogP contribution in [0, 0.1) is 11.6 Å². The molecule has 29 heavy (non-hydrogen) atoms. The molecule has 0 atom stereocenters. The summed E-state index contributed by atoms with van der Waals surface area (Å²) in [5.74, 6) is -1.27. The maximum Gasteiger partial charge on any atom is 0.255 e. The number of hydrogen-bond donors (Lipinski definition) is 1. The van der Waals surface area contributed by atoms with Crippen molar-refractivity contribution in [2.45, 2.75) is 25.4 Å². The van der Waals surface area contributed by atoms with Gasteiger partial charge in [-0.25, -0.2) is 8.78 Å². The van der Waals surface area contributed by atoms with E-state index in [0.29, 0.717) is 31.1 Å². The average molecular weight is 404 g/mol. The number of hydrogen-bond acceptors (Lipinski definition) is 4. The molecule has 1 amide bonds. The molecular formula is C22H26F2N2O3. The van der Waals surface area contributed by atoms with Crippen molar-refractivity contribution in [2.24, 2.45) is 0 Å². The van der Waals surface area contributed by atoms with Gasteiger partial charge in [0.05, 0.1) is 12.2 Å². The molecule has 2 aromatic carbocycles. The SMILES string of the molecule is COCCOc1ccccc1C(=O)NC1CCN(Cc2ccc(F)c(F)c2)CC1. The zero-order valence-corrected chi connectivity index (χ0v) is 16.5. The van der Waals surface area contributed by atoms with Crippen molar-refractivity contribution in [2.75, 3.05) is 33.4 Å². The molecule has 0 bridgehead atoms. The lowest BCUT2D eigenvalue weighted by Crippen LogP contribution is -2.44. The number of halogens is 2. The van der Waals surface area contributed by atoms with E-state index in [-0.39, 0.29) is 11.9 Å². The largest absolute Gasteiger partial charge is 0.490 e. The van der Waals surface area contributed by atoms with Gasteiger partial charge in [-0.1, -0.05) is 18.2 Å². The van der Waals surface area contributed by atoms with Gasteiger partial charge < -0.3 is 14.8 Å². The number of amides is 1. The van der Waals surface area contributed by atoms with E-state index >= 15 is 0 Å². The molecule has 1 heterocycles. The van der Waals surface area contributed by atoms with Crippen LogP contribution >= 0.6 is 0 Å². The second-order valence-electron chi connectivity index (χ2n) is 7.11. The van der Waals surface area contributed by atoms with E-state index in [9.17, 15) is 13.6 Å². The van der Waals surface area contributed by atoms with E-state index in [0.717, 1.165) is 37.6 Å². The molecular weight excluding hydrogens is 378 g/mol. The van der Waals surface area contributed by atoms with E-state index in [1.165, 1.54) is 6.07 Å². The maximum atomic E-state index is 13.4. The summed E-state index contributed by atoms with van der Waals surface area (Å²) in [6, 6.07) is 11.2. The highest BCUT2D eigenvalue weighted by Crippen LogP contribution is 2.20. The first-order chi connectivity index (χ1) is 14.1. The minimum atomic E-state index is -0.832. The molecule has 0 unspecified atom stereocenters. The molecule has 1 fully saturated rings. The number of ether oxygens (including phenoxy) is 2. The minimum absolute atomic E-state index is 0.0655. The predicted octanol–water partition coefficient (Wildman–Crippen LogP) is 3.38. The Morgan fingerprint density at radius 1 is 1.10 bits per heavy atom. The van der Waals surface area contributed by atoms with Gasteiger partial charge in [0.15, 0.2) is 11.6 Å². The lowest BCUT2D eigenvalue weighted by atomic mass is 10.0. The quantitative estimate of drug-likeness (QED) is 0.686. The van der Waals surface area contributed by atoms with Gasteiger partial charge in [-0.05, 0) is 42.7 Å². The van der Waals surface area contributed by atoms with Crippen molar-refractivity contribution >= 4 is 5.91 Å². The molecule has 1 aliphatic heterocycles. The van der Waals surface area contributed by atoms with Crippen LogP contribution in [0.5, 0.6) is 5.75 Å². The van der Waals surface area contributed by atoms with E-state index in [1.807, 2.05) is 12.1 Å². The van der Waals surface area contributed by atoms with Crippen molar-refractivity contribution in [3.63, 3.8) is 0 Å². The molecule has 2 aromatic rings. The molecule has 156 valence electrons. The summed E-state index contributed by atoms with van der Waals surface area (Å²) in [5, 5.41) is 3.08. The number of carbonyl (C=O) groups is 1. The number of methoxy groups -OCH3 is 1. The smallest absolute Gasteiger partial charge is 0.255 e. The Balaban J connectivity index is 1.50. The monoisotopic (exact) mass is 404 g/mol. The van der Waals surface area contributed by atoms with Crippen LogP contribution in [-0.4, -0.2) is 50.3 Å². The summed E-state index contributed by atoms with van der Waals surface area (Å²) in [7, 11) is 1.60. The Morgan fingerprint density at radius 3 is 2.59 bits per heavy atom. The number of piperidine rings is 1. The average Bonchev–Trinajstić information content (AvgIpc) is 2.73. The molecule has 0 spiro atoms. The zero-order valence-electron chi connectivity index (χ0n) is 16.5. The number of likely N-dealkylation sites (tertiary alicyclic amines) is 1. The molecule has 0 radical (unpaired) electrons. The molecule has 1 aliphatic rings. The molecule has 1 N–H and O–H groups in total. The third-order valence-corrected chi connectivity index (χ3v) is 4.99. The lowest BCUT2D eigenvalue weighted by Gasteiger charge is -2.32. The van der Waals surface area contributed by atoms with Gasteiger partial charge in [-0.3, -0.25) is 9.69 Å². The van der Waals surface area contributed by atoms with Crippen LogP contribution < -0.4 is 10.1 Å². The van der Waals surface area contributed by atoms with E-state index in [2.05, 4.69) is 10.2 Å². The number of carbonyl (C=O) groups excluding carboxylic acids is 1. The van der Waals surface area contributed by atoms with Crippen LogP contribution in [-0.2, 0) is 11.3 Å². The summed E-state index contributed by atoms with van der Waals surface area (Å²) in [6.45, 7) is 2.94. The molecule has 0 saturated carbocycles. The topological polar surface area (TPSA) is 50.8 Å². The highest BCUT2D eigenvalue weighted by atomic mass is 19.2. The highest BCUT2D eigenvalue weighted by molar-refractivity contribution is 5.97. The Kier molecular flexibility index (Phi) is 7.55. The van der Waals surface area contributed by atoms with Crippen LogP contribution in [0.2, 0.25) is 0 Å². The molecule has 1 saturated heterocycles. The van der Waals surface area contributed by atoms with Gasteiger partial charge >= 0.3 is 0 Å². The fraction of sp³-hybridized carbons (Fsp3) is 0.409. The summed E-state index contributed by atoms with van der Waals surface area (Å²) in [4.78, 5) is 14.9. The lowest BCUT2D eigenvalue weighted by molar-refractivity contribution is 0.0901. The van der Waals surface area contributed by atoms with Gasteiger partial charge in [0.1, 0.15) is 12.4 Å². The van der Waals surface area contributed by atoms with Crippen LogP contribution in [0.15, 0.2) is 42.5 Å². The Bertz CT molecular complexity index is 823. The van der Waals surface area contributed by atoms with Gasteiger partial charge in [0.25, 0.3) is 5.91 Å². The van der Waals surface area contributed by atoms with Crippen molar-refractivity contribution < 1.29 is 23.0 Å². The van der Waals surface area contributed by atoms with Crippen LogP contribution in [0.3, 0.4) is 0 Å². The number of nitrogens with zero attached hydrogens (tertiary/aromatic N) is 1. The first-order valence-electron chi connectivity index (χ1n) is 9.74. The molecule has 5 nitrogen and oxygen atoms in total. The fourth-order valence-corrected chi connectivity index (χ4v) is 3.41. The number of para-hydroxylation sites is 1. The first kappa shape index (κ1) is 21.2. The van der Waals surface area contributed by atoms with Crippen LogP contribution in [0.25, 0.3) is 0 Å². The van der Waals surface area contributed by atoms with E-state index in [4.69, 9.17) is 9.47 Å². The van der Waals surface area contributed by atoms with Gasteiger partial charge in [-0.2, -0.15) is 0 Å². The Morgan fingerprint density at radius 2 is 1.86 bits per heavy atom. The maximum absolute atomic E-state index is 13.4. The second-order valence-corrected chi connectivity index (χ2v) is 7.11. The third-order valence-electron chi connectivity index (χ3n) is 4.99. The van der Waals surface area contributed by atoms with E-state index in [1.54, 1.807) is 25.3 Å². The molecule has 7 heteroatoms. The van der Waals surface area contributed by atoms with Crippen molar-refractivity contribution in [1.29, 1.82) is 0 Å². The molecule has 3 rings (SSSR count). The highest BCUT2D eigenvalue weighted by Gasteiger charge is 2.22. The Hall–Kier alpha value is -2.51. The van der Waals surface area contributed by atoms with Crippen LogP contribution in [0.1, 0.15) is 28.8 Å².